The third-order valence-electron chi connectivity index (χ3n) is 5.48. The summed E-state index contributed by atoms with van der Waals surface area (Å²) in [6, 6.07) is 5.18. The average Bonchev–Trinajstić information content (AvgIpc) is 2.78. The number of amides is 2. The maximum atomic E-state index is 12.9. The lowest BCUT2D eigenvalue weighted by Crippen LogP contribution is -2.40. The fourth-order valence-corrected chi connectivity index (χ4v) is 3.90. The van der Waals surface area contributed by atoms with Gasteiger partial charge in [0, 0.05) is 18.8 Å². The maximum absolute atomic E-state index is 12.9. The fraction of sp³-hybridized carbons (Fsp3) is 0.455. The molecular formula is C22H26N4O5. The highest BCUT2D eigenvalue weighted by Crippen LogP contribution is 2.34. The minimum atomic E-state index is -0.558. The van der Waals surface area contributed by atoms with E-state index in [1.165, 1.54) is 6.20 Å². The Morgan fingerprint density at radius 3 is 2.81 bits per heavy atom. The van der Waals surface area contributed by atoms with Crippen LogP contribution in [0.5, 0.6) is 17.2 Å². The van der Waals surface area contributed by atoms with Crippen molar-refractivity contribution in [2.45, 2.75) is 38.6 Å². The first-order valence-corrected chi connectivity index (χ1v) is 10.5. The molecule has 1 fully saturated rings. The van der Waals surface area contributed by atoms with Crippen molar-refractivity contribution in [3.8, 4) is 17.2 Å². The van der Waals surface area contributed by atoms with Gasteiger partial charge in [0.25, 0.3) is 5.91 Å². The van der Waals surface area contributed by atoms with Gasteiger partial charge in [0.2, 0.25) is 5.91 Å². The zero-order chi connectivity index (χ0) is 21.8. The summed E-state index contributed by atoms with van der Waals surface area (Å²) in [4.78, 5) is 35.0. The third-order valence-corrected chi connectivity index (χ3v) is 5.48. The Balaban J connectivity index is 1.38. The first kappa shape index (κ1) is 20.9. The van der Waals surface area contributed by atoms with Crippen LogP contribution in [0, 0.1) is 6.92 Å². The van der Waals surface area contributed by atoms with Crippen molar-refractivity contribution in [2.75, 3.05) is 26.4 Å². The van der Waals surface area contributed by atoms with Crippen LogP contribution in [0.3, 0.4) is 0 Å². The molecule has 4 rings (SSSR count). The van der Waals surface area contributed by atoms with Crippen LogP contribution in [0.25, 0.3) is 0 Å². The number of likely N-dealkylation sites (tertiary alicyclic amines) is 1. The van der Waals surface area contributed by atoms with Gasteiger partial charge in [-0.2, -0.15) is 0 Å². The lowest BCUT2D eigenvalue weighted by molar-refractivity contribution is -0.135. The molecular weight excluding hydrogens is 400 g/mol. The van der Waals surface area contributed by atoms with Crippen molar-refractivity contribution in [1.29, 1.82) is 0 Å². The first-order chi connectivity index (χ1) is 15.0. The Hall–Kier alpha value is -3.36. The number of carbonyl (C=O) groups excluding carboxylic acids is 2. The largest absolute Gasteiger partial charge is 0.493 e. The number of rotatable bonds is 6. The molecule has 0 spiro atoms. The lowest BCUT2D eigenvalue weighted by Gasteiger charge is -2.35. The number of piperidine rings is 1. The van der Waals surface area contributed by atoms with Crippen molar-refractivity contribution >= 4 is 11.8 Å². The fourth-order valence-electron chi connectivity index (χ4n) is 3.90. The molecule has 3 heterocycles. The monoisotopic (exact) mass is 426 g/mol. The molecule has 1 atom stereocenters. The summed E-state index contributed by atoms with van der Waals surface area (Å²) in [5.41, 5.74) is 6.17. The molecule has 9 heteroatoms. The van der Waals surface area contributed by atoms with Crippen molar-refractivity contribution < 1.29 is 23.8 Å². The van der Waals surface area contributed by atoms with Gasteiger partial charge in [0.05, 0.1) is 30.3 Å². The number of fused-ring (bicyclic) bond motifs is 1. The number of aryl methyl sites for hydroxylation is 1. The normalized spacial score (nSPS) is 17.8. The summed E-state index contributed by atoms with van der Waals surface area (Å²) in [5, 5.41) is 0. The van der Waals surface area contributed by atoms with Crippen LogP contribution >= 0.6 is 0 Å². The number of hydrogen-bond donors (Lipinski definition) is 1. The topological polar surface area (TPSA) is 117 Å². The van der Waals surface area contributed by atoms with E-state index in [4.69, 9.17) is 19.9 Å². The molecule has 164 valence electrons. The number of benzene rings is 1. The van der Waals surface area contributed by atoms with E-state index in [0.29, 0.717) is 54.1 Å². The van der Waals surface area contributed by atoms with Crippen molar-refractivity contribution in [3.63, 3.8) is 0 Å². The zero-order valence-electron chi connectivity index (χ0n) is 17.5. The summed E-state index contributed by atoms with van der Waals surface area (Å²) >= 11 is 0. The molecule has 0 saturated carbocycles. The van der Waals surface area contributed by atoms with Crippen LogP contribution in [0.1, 0.15) is 53.6 Å². The van der Waals surface area contributed by atoms with Gasteiger partial charge in [-0.15, -0.1) is 0 Å². The molecule has 0 bridgehead atoms. The molecule has 0 unspecified atom stereocenters. The van der Waals surface area contributed by atoms with E-state index >= 15 is 0 Å². The molecule has 0 radical (unpaired) electrons. The number of aromatic nitrogens is 2. The molecule has 2 amide bonds. The summed E-state index contributed by atoms with van der Waals surface area (Å²) in [6.07, 6.45) is 4.39. The van der Waals surface area contributed by atoms with Crippen LogP contribution in [-0.4, -0.2) is 53.0 Å². The van der Waals surface area contributed by atoms with E-state index in [2.05, 4.69) is 9.97 Å². The van der Waals surface area contributed by atoms with E-state index in [0.717, 1.165) is 19.3 Å². The highest BCUT2D eigenvalue weighted by molar-refractivity contribution is 5.93. The molecule has 2 N–H and O–H groups in total. The van der Waals surface area contributed by atoms with Crippen LogP contribution in [-0.2, 0) is 4.79 Å². The second kappa shape index (κ2) is 9.20. The van der Waals surface area contributed by atoms with Gasteiger partial charge in [0.1, 0.15) is 19.0 Å². The van der Waals surface area contributed by atoms with E-state index in [9.17, 15) is 9.59 Å². The number of hydrogen-bond acceptors (Lipinski definition) is 7. The number of carbonyl (C=O) groups is 2. The smallest absolute Gasteiger partial charge is 0.252 e. The van der Waals surface area contributed by atoms with E-state index < -0.39 is 5.91 Å². The van der Waals surface area contributed by atoms with Crippen molar-refractivity contribution in [3.05, 3.63) is 41.5 Å². The van der Waals surface area contributed by atoms with Crippen molar-refractivity contribution in [1.82, 2.24) is 14.9 Å². The number of nitrogens with zero attached hydrogens (tertiary/aromatic N) is 3. The molecule has 1 saturated heterocycles. The Kier molecular flexibility index (Phi) is 6.20. The molecule has 31 heavy (non-hydrogen) atoms. The molecule has 0 aliphatic carbocycles. The molecule has 2 aliphatic heterocycles. The molecule has 1 aromatic heterocycles. The van der Waals surface area contributed by atoms with Gasteiger partial charge in [-0.3, -0.25) is 9.59 Å². The summed E-state index contributed by atoms with van der Waals surface area (Å²) < 4.78 is 16.8. The van der Waals surface area contributed by atoms with Crippen LogP contribution in [0.4, 0.5) is 0 Å². The lowest BCUT2D eigenvalue weighted by atomic mass is 10.0. The summed E-state index contributed by atoms with van der Waals surface area (Å²) in [6.45, 7) is 3.66. The van der Waals surface area contributed by atoms with Gasteiger partial charge in [-0.1, -0.05) is 0 Å². The van der Waals surface area contributed by atoms with Gasteiger partial charge >= 0.3 is 0 Å². The Labute approximate surface area is 180 Å². The van der Waals surface area contributed by atoms with E-state index in [1.54, 1.807) is 19.1 Å². The van der Waals surface area contributed by atoms with Crippen LogP contribution in [0.2, 0.25) is 0 Å². The quantitative estimate of drug-likeness (QED) is 0.752. The molecule has 2 aliphatic rings. The van der Waals surface area contributed by atoms with E-state index in [1.807, 2.05) is 11.0 Å². The van der Waals surface area contributed by atoms with Gasteiger partial charge in [-0.25, -0.2) is 9.97 Å². The number of ether oxygens (including phenoxy) is 3. The molecule has 1 aromatic carbocycles. The van der Waals surface area contributed by atoms with Gasteiger partial charge in [-0.05, 0) is 38.3 Å². The van der Waals surface area contributed by atoms with Crippen LogP contribution < -0.4 is 19.9 Å². The Bertz CT molecular complexity index is 980. The minimum absolute atomic E-state index is 0.0116. The Morgan fingerprint density at radius 1 is 1.23 bits per heavy atom. The van der Waals surface area contributed by atoms with Gasteiger partial charge in [0.15, 0.2) is 17.3 Å². The predicted octanol–water partition coefficient (Wildman–Crippen LogP) is 2.18. The van der Waals surface area contributed by atoms with Gasteiger partial charge < -0.3 is 24.8 Å². The standard InChI is InChI=1S/C22H26N4O5/c1-14-16(21(23)28)13-24-22(25-14)17-4-2-3-8-26(17)20(27)7-9-29-15-5-6-18-19(12-15)31-11-10-30-18/h5-6,12-13,17H,2-4,7-11H2,1H3,(H2,23,28)/t17-/m0/s1. The third kappa shape index (κ3) is 4.70. The highest BCUT2D eigenvalue weighted by Gasteiger charge is 2.30. The average molecular weight is 426 g/mol. The second-order valence-electron chi connectivity index (χ2n) is 7.59. The van der Waals surface area contributed by atoms with E-state index in [-0.39, 0.29) is 25.0 Å². The second-order valence-corrected chi connectivity index (χ2v) is 7.59. The first-order valence-electron chi connectivity index (χ1n) is 10.5. The molecule has 9 nitrogen and oxygen atoms in total. The maximum Gasteiger partial charge on any atom is 0.252 e. The number of primary amides is 1. The highest BCUT2D eigenvalue weighted by atomic mass is 16.6. The SMILES string of the molecule is Cc1nc([C@@H]2CCCCN2C(=O)CCOc2ccc3c(c2)OCCO3)ncc1C(N)=O. The predicted molar refractivity (Wildman–Crippen MR) is 111 cm³/mol. The Morgan fingerprint density at radius 2 is 2.03 bits per heavy atom. The number of nitrogens with two attached hydrogens (primary N) is 1. The molecule has 2 aromatic rings. The minimum Gasteiger partial charge on any atom is -0.493 e. The van der Waals surface area contributed by atoms with Crippen molar-refractivity contribution in [2.24, 2.45) is 5.73 Å². The zero-order valence-corrected chi connectivity index (χ0v) is 17.5. The summed E-state index contributed by atoms with van der Waals surface area (Å²) in [5.74, 6) is 1.96. The summed E-state index contributed by atoms with van der Waals surface area (Å²) in [7, 11) is 0. The van der Waals surface area contributed by atoms with Crippen LogP contribution in [0.15, 0.2) is 24.4 Å².